The third kappa shape index (κ3) is 9.94. The number of hydrogen-bond acceptors (Lipinski definition) is 2. The molecule has 0 fully saturated rings. The quantitative estimate of drug-likeness (QED) is 0.180. The van der Waals surface area contributed by atoms with Gasteiger partial charge in [0.2, 0.25) is 5.91 Å². The molecule has 0 heterocycles. The first-order valence-electron chi connectivity index (χ1n) is 13.0. The van der Waals surface area contributed by atoms with Gasteiger partial charge in [0, 0.05) is 24.7 Å². The van der Waals surface area contributed by atoms with Crippen LogP contribution in [0.1, 0.15) is 113 Å². The van der Waals surface area contributed by atoms with E-state index in [9.17, 15) is 9.59 Å². The summed E-state index contributed by atoms with van der Waals surface area (Å²) in [4.78, 5) is 25.6. The molecule has 0 aliphatic rings. The summed E-state index contributed by atoms with van der Waals surface area (Å²) < 4.78 is 0. The highest BCUT2D eigenvalue weighted by atomic mass is 16.2. The smallest absolute Gasteiger partial charge is 0.223 e. The van der Waals surface area contributed by atoms with Gasteiger partial charge < -0.3 is 4.90 Å². The molecule has 2 aromatic carbocycles. The molecule has 3 nitrogen and oxygen atoms in total. The number of aldehydes is 1. The van der Waals surface area contributed by atoms with Crippen molar-refractivity contribution in [3.63, 3.8) is 0 Å². The zero-order chi connectivity index (χ0) is 23.7. The fourth-order valence-electron chi connectivity index (χ4n) is 4.71. The predicted molar refractivity (Wildman–Crippen MR) is 140 cm³/mol. The summed E-state index contributed by atoms with van der Waals surface area (Å²) in [5.41, 5.74) is 3.03. The van der Waals surface area contributed by atoms with E-state index in [2.05, 4.69) is 19.1 Å². The Bertz CT molecular complexity index is 802. The van der Waals surface area contributed by atoms with Crippen molar-refractivity contribution in [1.82, 2.24) is 0 Å². The van der Waals surface area contributed by atoms with Crippen LogP contribution in [0.2, 0.25) is 0 Å². The van der Waals surface area contributed by atoms with Crippen molar-refractivity contribution in [2.75, 3.05) is 11.4 Å². The molecule has 0 aromatic heterocycles. The lowest BCUT2D eigenvalue weighted by Gasteiger charge is -2.22. The van der Waals surface area contributed by atoms with Gasteiger partial charge in [0.15, 0.2) is 0 Å². The van der Waals surface area contributed by atoms with Crippen LogP contribution in [0.4, 0.5) is 5.69 Å². The highest BCUT2D eigenvalue weighted by Gasteiger charge is 2.15. The highest BCUT2D eigenvalue weighted by Crippen LogP contribution is 2.30. The summed E-state index contributed by atoms with van der Waals surface area (Å²) >= 11 is 0. The van der Waals surface area contributed by atoms with Crippen LogP contribution in [0.5, 0.6) is 0 Å². The lowest BCUT2D eigenvalue weighted by molar-refractivity contribution is -0.116. The van der Waals surface area contributed by atoms with E-state index in [4.69, 9.17) is 0 Å². The Kier molecular flexibility index (Phi) is 13.2. The maximum atomic E-state index is 12.1. The van der Waals surface area contributed by atoms with Crippen LogP contribution in [0, 0.1) is 0 Å². The first-order chi connectivity index (χ1) is 16.2. The van der Waals surface area contributed by atoms with Gasteiger partial charge >= 0.3 is 0 Å². The van der Waals surface area contributed by atoms with Crippen molar-refractivity contribution in [2.24, 2.45) is 0 Å². The van der Waals surface area contributed by atoms with Crippen LogP contribution < -0.4 is 4.90 Å². The number of anilines is 1. The first-order valence-corrected chi connectivity index (χ1v) is 13.0. The van der Waals surface area contributed by atoms with Crippen LogP contribution in [0.15, 0.2) is 54.6 Å². The highest BCUT2D eigenvalue weighted by molar-refractivity contribution is 5.91. The molecule has 180 valence electrons. The average molecular weight is 450 g/mol. The molecule has 1 amide bonds. The summed E-state index contributed by atoms with van der Waals surface area (Å²) in [7, 11) is 0. The zero-order valence-electron chi connectivity index (χ0n) is 20.8. The fraction of sp³-hybridized carbons (Fsp3) is 0.533. The second kappa shape index (κ2) is 16.2. The Labute approximate surface area is 201 Å². The average Bonchev–Trinajstić information content (AvgIpc) is 2.84. The van der Waals surface area contributed by atoms with Crippen LogP contribution in [-0.4, -0.2) is 18.7 Å². The minimum atomic E-state index is 0.0953. The van der Waals surface area contributed by atoms with Gasteiger partial charge in [-0.1, -0.05) is 107 Å². The topological polar surface area (TPSA) is 37.4 Å². The minimum Gasteiger partial charge on any atom is -0.313 e. The van der Waals surface area contributed by atoms with Crippen LogP contribution in [0.25, 0.3) is 0 Å². The number of carbonyl (C=O) groups is 2. The summed E-state index contributed by atoms with van der Waals surface area (Å²) in [5, 5.41) is 0. The Morgan fingerprint density at radius 2 is 1.36 bits per heavy atom. The number of benzene rings is 2. The van der Waals surface area contributed by atoms with Gasteiger partial charge in [-0.2, -0.15) is 0 Å². The number of unbranched alkanes of at least 4 members (excludes halogenated alkanes) is 8. The standard InChI is InChI=1S/C30H43NO2/c1-3-4-5-6-7-8-11-18-27(30-23-16-15-20-28(30)25-32)19-12-10-17-24-31(26(2)33)29-21-13-9-14-22-29/h9,13-16,20-23,25,27H,3-8,10-12,17-19,24H2,1-2H3. The Morgan fingerprint density at radius 1 is 0.788 bits per heavy atom. The van der Waals surface area contributed by atoms with E-state index in [1.54, 1.807) is 6.92 Å². The molecule has 0 bridgehead atoms. The third-order valence-electron chi connectivity index (χ3n) is 6.60. The molecule has 0 saturated carbocycles. The van der Waals surface area contributed by atoms with Gasteiger partial charge in [-0.25, -0.2) is 0 Å². The first kappa shape index (κ1) is 26.8. The minimum absolute atomic E-state index is 0.0953. The molecule has 1 unspecified atom stereocenters. The number of rotatable bonds is 17. The lowest BCUT2D eigenvalue weighted by atomic mass is 9.86. The van der Waals surface area contributed by atoms with Gasteiger partial charge in [-0.15, -0.1) is 0 Å². The molecule has 0 aliphatic heterocycles. The monoisotopic (exact) mass is 449 g/mol. The van der Waals surface area contributed by atoms with E-state index < -0.39 is 0 Å². The van der Waals surface area contributed by atoms with Gasteiger partial charge in [0.25, 0.3) is 0 Å². The van der Waals surface area contributed by atoms with Crippen molar-refractivity contribution < 1.29 is 9.59 Å². The van der Waals surface area contributed by atoms with Crippen molar-refractivity contribution in [1.29, 1.82) is 0 Å². The van der Waals surface area contributed by atoms with E-state index in [-0.39, 0.29) is 5.91 Å². The molecule has 2 aromatic rings. The summed E-state index contributed by atoms with van der Waals surface area (Å²) in [6.07, 6.45) is 15.7. The molecule has 0 saturated heterocycles. The fourth-order valence-corrected chi connectivity index (χ4v) is 4.71. The Hall–Kier alpha value is -2.42. The molecule has 33 heavy (non-hydrogen) atoms. The Morgan fingerprint density at radius 3 is 2.00 bits per heavy atom. The number of para-hydroxylation sites is 1. The van der Waals surface area contributed by atoms with Crippen LogP contribution in [0.3, 0.4) is 0 Å². The van der Waals surface area contributed by atoms with Gasteiger partial charge in [0.1, 0.15) is 6.29 Å². The molecule has 3 heteroatoms. The number of amides is 1. The molecule has 0 aliphatic carbocycles. The molecular formula is C30H43NO2. The van der Waals surface area contributed by atoms with E-state index in [1.165, 1.54) is 50.5 Å². The summed E-state index contributed by atoms with van der Waals surface area (Å²) in [6.45, 7) is 4.66. The second-order valence-electron chi connectivity index (χ2n) is 9.21. The number of hydrogen-bond donors (Lipinski definition) is 0. The van der Waals surface area contributed by atoms with E-state index in [0.29, 0.717) is 5.92 Å². The SMILES string of the molecule is CCCCCCCCCC(CCCCCN(C(C)=O)c1ccccc1)c1ccccc1C=O. The normalized spacial score (nSPS) is 11.8. The molecule has 2 rings (SSSR count). The van der Waals surface area contributed by atoms with Crippen molar-refractivity contribution in [2.45, 2.75) is 96.8 Å². The molecule has 0 N–H and O–H groups in total. The largest absolute Gasteiger partial charge is 0.313 e. The van der Waals surface area contributed by atoms with Crippen LogP contribution in [-0.2, 0) is 4.79 Å². The Balaban J connectivity index is 1.84. The summed E-state index contributed by atoms with van der Waals surface area (Å²) in [6, 6.07) is 18.0. The molecule has 0 radical (unpaired) electrons. The van der Waals surface area contributed by atoms with Crippen molar-refractivity contribution >= 4 is 17.9 Å². The molecule has 0 spiro atoms. The lowest BCUT2D eigenvalue weighted by Crippen LogP contribution is -2.29. The summed E-state index contributed by atoms with van der Waals surface area (Å²) in [5.74, 6) is 0.540. The van der Waals surface area contributed by atoms with Gasteiger partial charge in [-0.3, -0.25) is 9.59 Å². The van der Waals surface area contributed by atoms with E-state index in [0.717, 1.165) is 56.2 Å². The van der Waals surface area contributed by atoms with Crippen LogP contribution >= 0.6 is 0 Å². The zero-order valence-corrected chi connectivity index (χ0v) is 20.8. The van der Waals surface area contributed by atoms with E-state index in [1.807, 2.05) is 47.4 Å². The maximum absolute atomic E-state index is 12.1. The van der Waals surface area contributed by atoms with Gasteiger partial charge in [0.05, 0.1) is 0 Å². The molecule has 1 atom stereocenters. The second-order valence-corrected chi connectivity index (χ2v) is 9.21. The predicted octanol–water partition coefficient (Wildman–Crippen LogP) is 8.34. The number of carbonyl (C=O) groups excluding carboxylic acids is 2. The molecular weight excluding hydrogens is 406 g/mol. The van der Waals surface area contributed by atoms with Crippen molar-refractivity contribution in [3.8, 4) is 0 Å². The van der Waals surface area contributed by atoms with Crippen molar-refractivity contribution in [3.05, 3.63) is 65.7 Å². The maximum Gasteiger partial charge on any atom is 0.223 e. The third-order valence-corrected chi connectivity index (χ3v) is 6.60. The van der Waals surface area contributed by atoms with E-state index >= 15 is 0 Å². The number of nitrogens with zero attached hydrogens (tertiary/aromatic N) is 1. The van der Waals surface area contributed by atoms with Gasteiger partial charge in [-0.05, 0) is 42.9 Å².